The van der Waals surface area contributed by atoms with Crippen LogP contribution >= 0.6 is 15.9 Å². The predicted octanol–water partition coefficient (Wildman–Crippen LogP) is -0.0353. The van der Waals surface area contributed by atoms with E-state index in [-0.39, 0.29) is 14.1 Å². The molecule has 1 heterocycles. The Hall–Kier alpha value is -0.740. The highest BCUT2D eigenvalue weighted by atomic mass is 79.9. The third-order valence-electron chi connectivity index (χ3n) is 1.38. The van der Waals surface area contributed by atoms with Gasteiger partial charge in [-0.2, -0.15) is 0 Å². The normalized spacial score (nSPS) is 12.4. The SMILES string of the molecule is CS(=O)(=O)N(c1cncc(Br)n1)S(C)(=O)=O. The van der Waals surface area contributed by atoms with E-state index in [1.165, 1.54) is 6.20 Å². The molecule has 16 heavy (non-hydrogen) atoms. The summed E-state index contributed by atoms with van der Waals surface area (Å²) in [7, 11) is -7.94. The highest BCUT2D eigenvalue weighted by Gasteiger charge is 2.28. The molecular formula is C6H8BrN3O4S2. The molecule has 1 aromatic heterocycles. The minimum atomic E-state index is -3.97. The standard InChI is InChI=1S/C6H8BrN3O4S2/c1-15(11,12)10(16(2,13)14)6-4-8-3-5(7)9-6/h3-4H,1-2H3. The number of anilines is 1. The van der Waals surface area contributed by atoms with Crippen LogP contribution in [0.4, 0.5) is 5.82 Å². The van der Waals surface area contributed by atoms with E-state index in [9.17, 15) is 16.8 Å². The van der Waals surface area contributed by atoms with Crippen molar-refractivity contribution >= 4 is 41.8 Å². The molecule has 0 unspecified atom stereocenters. The average molecular weight is 330 g/mol. The van der Waals surface area contributed by atoms with Crippen LogP contribution < -0.4 is 3.71 Å². The molecule has 0 aliphatic rings. The molecule has 1 rings (SSSR count). The van der Waals surface area contributed by atoms with E-state index in [2.05, 4.69) is 25.9 Å². The lowest BCUT2D eigenvalue weighted by Gasteiger charge is -2.17. The van der Waals surface area contributed by atoms with Gasteiger partial charge in [0.15, 0.2) is 5.82 Å². The summed E-state index contributed by atoms with van der Waals surface area (Å²) in [4.78, 5) is 7.38. The van der Waals surface area contributed by atoms with Gasteiger partial charge in [-0.15, -0.1) is 3.71 Å². The summed E-state index contributed by atoms with van der Waals surface area (Å²) in [6, 6.07) is 0. The van der Waals surface area contributed by atoms with Crippen molar-refractivity contribution in [2.75, 3.05) is 16.2 Å². The first-order valence-electron chi connectivity index (χ1n) is 3.80. The summed E-state index contributed by atoms with van der Waals surface area (Å²) in [5.74, 6) is -0.278. The van der Waals surface area contributed by atoms with Gasteiger partial charge in [-0.3, -0.25) is 4.98 Å². The smallest absolute Gasteiger partial charge is 0.246 e. The van der Waals surface area contributed by atoms with Crippen molar-refractivity contribution in [3.05, 3.63) is 17.0 Å². The van der Waals surface area contributed by atoms with E-state index >= 15 is 0 Å². The van der Waals surface area contributed by atoms with Crippen LogP contribution in [0.2, 0.25) is 0 Å². The number of aromatic nitrogens is 2. The van der Waals surface area contributed by atoms with Crippen molar-refractivity contribution in [1.82, 2.24) is 9.97 Å². The second kappa shape index (κ2) is 4.26. The lowest BCUT2D eigenvalue weighted by atomic mass is 10.7. The molecule has 1 aromatic rings. The summed E-state index contributed by atoms with van der Waals surface area (Å²) in [6.45, 7) is 0. The van der Waals surface area contributed by atoms with Crippen LogP contribution in [0.25, 0.3) is 0 Å². The maximum Gasteiger partial charge on any atom is 0.246 e. The number of hydrogen-bond acceptors (Lipinski definition) is 6. The van der Waals surface area contributed by atoms with Crippen LogP contribution in [0.5, 0.6) is 0 Å². The highest BCUT2D eigenvalue weighted by molar-refractivity contribution is 9.10. The van der Waals surface area contributed by atoms with Gasteiger partial charge in [0.2, 0.25) is 20.0 Å². The number of nitrogens with zero attached hydrogens (tertiary/aromatic N) is 3. The van der Waals surface area contributed by atoms with Gasteiger partial charge in [-0.05, 0) is 15.9 Å². The van der Waals surface area contributed by atoms with Gasteiger partial charge < -0.3 is 0 Å². The van der Waals surface area contributed by atoms with Gasteiger partial charge in [0.05, 0.1) is 24.9 Å². The number of hydrogen-bond donors (Lipinski definition) is 0. The van der Waals surface area contributed by atoms with Gasteiger partial charge in [0, 0.05) is 0 Å². The van der Waals surface area contributed by atoms with Crippen molar-refractivity contribution < 1.29 is 16.8 Å². The lowest BCUT2D eigenvalue weighted by Crippen LogP contribution is -2.36. The Labute approximate surface area is 102 Å². The van der Waals surface area contributed by atoms with E-state index in [0.29, 0.717) is 0 Å². The molecule has 0 amide bonds. The number of rotatable bonds is 3. The first-order valence-corrected chi connectivity index (χ1v) is 8.29. The molecule has 0 fully saturated rings. The van der Waals surface area contributed by atoms with Crippen LogP contribution in [0, 0.1) is 0 Å². The second-order valence-electron chi connectivity index (χ2n) is 2.92. The second-order valence-corrected chi connectivity index (χ2v) is 7.63. The Morgan fingerprint density at radius 2 is 1.62 bits per heavy atom. The van der Waals surface area contributed by atoms with Crippen LogP contribution in [0.15, 0.2) is 17.0 Å². The molecule has 0 aromatic carbocycles. The summed E-state index contributed by atoms with van der Waals surface area (Å²) in [5, 5.41) is 0. The predicted molar refractivity (Wildman–Crippen MR) is 61.9 cm³/mol. The lowest BCUT2D eigenvalue weighted by molar-refractivity contribution is 0.590. The monoisotopic (exact) mass is 329 g/mol. The van der Waals surface area contributed by atoms with Crippen molar-refractivity contribution in [3.8, 4) is 0 Å². The van der Waals surface area contributed by atoms with Gasteiger partial charge >= 0.3 is 0 Å². The van der Waals surface area contributed by atoms with Crippen LogP contribution in [0.1, 0.15) is 0 Å². The Morgan fingerprint density at radius 1 is 1.12 bits per heavy atom. The van der Waals surface area contributed by atoms with Crippen LogP contribution in [-0.4, -0.2) is 39.3 Å². The Bertz CT molecular complexity index is 566. The molecule has 90 valence electrons. The first-order chi connectivity index (χ1) is 7.12. The molecule has 0 aliphatic heterocycles. The van der Waals surface area contributed by atoms with Crippen LogP contribution in [-0.2, 0) is 20.0 Å². The molecule has 0 radical (unpaired) electrons. The summed E-state index contributed by atoms with van der Waals surface area (Å²) in [5.41, 5.74) is 0. The minimum absolute atomic E-state index is 0.220. The van der Waals surface area contributed by atoms with E-state index in [1.54, 1.807) is 0 Å². The molecule has 0 N–H and O–H groups in total. The molecule has 10 heteroatoms. The van der Waals surface area contributed by atoms with Crippen molar-refractivity contribution in [2.45, 2.75) is 0 Å². The van der Waals surface area contributed by atoms with Gasteiger partial charge in [-0.25, -0.2) is 21.8 Å². The maximum absolute atomic E-state index is 11.4. The van der Waals surface area contributed by atoms with Crippen LogP contribution in [0.3, 0.4) is 0 Å². The molecule has 0 bridgehead atoms. The van der Waals surface area contributed by atoms with E-state index < -0.39 is 20.0 Å². The summed E-state index contributed by atoms with van der Waals surface area (Å²) in [6.07, 6.45) is 3.91. The van der Waals surface area contributed by atoms with Gasteiger partial charge in [0.25, 0.3) is 0 Å². The summed E-state index contributed by atoms with van der Waals surface area (Å²) < 4.78 is 45.9. The fourth-order valence-electron chi connectivity index (χ4n) is 1.01. The molecule has 0 saturated heterocycles. The van der Waals surface area contributed by atoms with Crippen molar-refractivity contribution in [1.29, 1.82) is 0 Å². The van der Waals surface area contributed by atoms with E-state index in [0.717, 1.165) is 18.7 Å². The zero-order valence-electron chi connectivity index (χ0n) is 8.32. The molecule has 0 spiro atoms. The molecule has 0 atom stereocenters. The molecule has 7 nitrogen and oxygen atoms in total. The van der Waals surface area contributed by atoms with Gasteiger partial charge in [0.1, 0.15) is 4.60 Å². The van der Waals surface area contributed by atoms with E-state index in [4.69, 9.17) is 0 Å². The first kappa shape index (κ1) is 13.3. The Balaban J connectivity index is 3.47. The zero-order valence-corrected chi connectivity index (χ0v) is 11.5. The van der Waals surface area contributed by atoms with Crippen molar-refractivity contribution in [2.24, 2.45) is 0 Å². The zero-order chi connectivity index (χ0) is 12.6. The summed E-state index contributed by atoms with van der Waals surface area (Å²) >= 11 is 2.97. The van der Waals surface area contributed by atoms with E-state index in [1.807, 2.05) is 0 Å². The third kappa shape index (κ3) is 3.12. The maximum atomic E-state index is 11.4. The molecule has 0 aliphatic carbocycles. The Morgan fingerprint density at radius 3 is 2.00 bits per heavy atom. The topological polar surface area (TPSA) is 97.3 Å². The highest BCUT2D eigenvalue weighted by Crippen LogP contribution is 2.18. The van der Waals surface area contributed by atoms with Crippen molar-refractivity contribution in [3.63, 3.8) is 0 Å². The third-order valence-corrected chi connectivity index (χ3v) is 4.97. The largest absolute Gasteiger partial charge is 0.258 e. The number of sulfonamides is 2. The average Bonchev–Trinajstić information content (AvgIpc) is 1.97. The van der Waals surface area contributed by atoms with Gasteiger partial charge in [-0.1, -0.05) is 0 Å². The fraction of sp³-hybridized carbons (Fsp3) is 0.333. The molecule has 0 saturated carbocycles. The minimum Gasteiger partial charge on any atom is -0.258 e. The Kier molecular flexibility index (Phi) is 3.55. The quantitative estimate of drug-likeness (QED) is 0.772. The fourth-order valence-corrected chi connectivity index (χ4v) is 4.13. The molecular weight excluding hydrogens is 322 g/mol. The number of halogens is 1.